The van der Waals surface area contributed by atoms with Crippen LogP contribution in [0.3, 0.4) is 0 Å². The third kappa shape index (κ3) is 1.49. The molecular formula is C13H8O2S. The zero-order valence-electron chi connectivity index (χ0n) is 8.34. The molecule has 1 aliphatic heterocycles. The van der Waals surface area contributed by atoms with Gasteiger partial charge in [0.1, 0.15) is 17.8 Å². The number of benzene rings is 2. The summed E-state index contributed by atoms with van der Waals surface area (Å²) in [6.45, 7) is 0. The predicted molar refractivity (Wildman–Crippen MR) is 62.5 cm³/mol. The van der Waals surface area contributed by atoms with Gasteiger partial charge in [0.25, 0.3) is 0 Å². The largest absolute Gasteiger partial charge is 0.455 e. The lowest BCUT2D eigenvalue weighted by Gasteiger charge is -2.19. The molecule has 16 heavy (non-hydrogen) atoms. The monoisotopic (exact) mass is 228 g/mol. The lowest BCUT2D eigenvalue weighted by atomic mass is 10.2. The molecule has 3 heteroatoms. The average Bonchev–Trinajstić information content (AvgIpc) is 2.35. The Morgan fingerprint density at radius 2 is 1.81 bits per heavy atom. The summed E-state index contributed by atoms with van der Waals surface area (Å²) in [5, 5.41) is 0. The van der Waals surface area contributed by atoms with Crippen molar-refractivity contribution in [2.24, 2.45) is 0 Å². The zero-order chi connectivity index (χ0) is 11.0. The SMILES string of the molecule is O=Cc1ccc2c(c1)Sc1ccccc1O2. The molecule has 1 aliphatic rings. The van der Waals surface area contributed by atoms with E-state index < -0.39 is 0 Å². The third-order valence-electron chi connectivity index (χ3n) is 2.39. The maximum atomic E-state index is 10.7. The van der Waals surface area contributed by atoms with Gasteiger partial charge in [0.15, 0.2) is 0 Å². The molecule has 0 unspecified atom stereocenters. The molecule has 2 nitrogen and oxygen atoms in total. The molecule has 0 spiro atoms. The van der Waals surface area contributed by atoms with E-state index in [-0.39, 0.29) is 0 Å². The fourth-order valence-electron chi connectivity index (χ4n) is 1.62. The van der Waals surface area contributed by atoms with E-state index in [9.17, 15) is 4.79 Å². The van der Waals surface area contributed by atoms with E-state index >= 15 is 0 Å². The number of fused-ring (bicyclic) bond motifs is 2. The van der Waals surface area contributed by atoms with Crippen LogP contribution in [0, 0.1) is 0 Å². The second-order valence-electron chi connectivity index (χ2n) is 3.47. The van der Waals surface area contributed by atoms with Crippen LogP contribution in [0.1, 0.15) is 10.4 Å². The van der Waals surface area contributed by atoms with Crippen molar-refractivity contribution < 1.29 is 9.53 Å². The molecule has 3 rings (SSSR count). The fourth-order valence-corrected chi connectivity index (χ4v) is 2.62. The molecule has 78 valence electrons. The molecule has 1 heterocycles. The molecule has 0 bridgehead atoms. The summed E-state index contributed by atoms with van der Waals surface area (Å²) in [4.78, 5) is 12.8. The number of carbonyl (C=O) groups excluding carboxylic acids is 1. The van der Waals surface area contributed by atoms with Gasteiger partial charge in [0, 0.05) is 5.56 Å². The van der Waals surface area contributed by atoms with Crippen molar-refractivity contribution in [2.75, 3.05) is 0 Å². The van der Waals surface area contributed by atoms with Crippen LogP contribution in [0.4, 0.5) is 0 Å². The van der Waals surface area contributed by atoms with Crippen molar-refractivity contribution in [1.29, 1.82) is 0 Å². The van der Waals surface area contributed by atoms with Gasteiger partial charge in [0.05, 0.1) is 9.79 Å². The number of hydrogen-bond donors (Lipinski definition) is 0. The van der Waals surface area contributed by atoms with E-state index in [0.717, 1.165) is 27.6 Å². The van der Waals surface area contributed by atoms with Gasteiger partial charge >= 0.3 is 0 Å². The second kappa shape index (κ2) is 3.68. The van der Waals surface area contributed by atoms with Crippen LogP contribution in [0.25, 0.3) is 0 Å². The van der Waals surface area contributed by atoms with E-state index in [1.165, 1.54) is 0 Å². The van der Waals surface area contributed by atoms with Gasteiger partial charge in [-0.2, -0.15) is 0 Å². The van der Waals surface area contributed by atoms with Crippen LogP contribution >= 0.6 is 11.8 Å². The van der Waals surface area contributed by atoms with Crippen LogP contribution in [0.2, 0.25) is 0 Å². The summed E-state index contributed by atoms with van der Waals surface area (Å²) in [6, 6.07) is 13.3. The van der Waals surface area contributed by atoms with Gasteiger partial charge in [-0.05, 0) is 30.3 Å². The molecule has 0 N–H and O–H groups in total. The standard InChI is InChI=1S/C13H8O2S/c14-8-9-5-6-11-13(7-9)16-12-4-2-1-3-10(12)15-11/h1-8H. The summed E-state index contributed by atoms with van der Waals surface area (Å²) >= 11 is 1.63. The lowest BCUT2D eigenvalue weighted by molar-refractivity contribution is 0.112. The minimum Gasteiger partial charge on any atom is -0.455 e. The summed E-state index contributed by atoms with van der Waals surface area (Å²) < 4.78 is 5.74. The first kappa shape index (κ1) is 9.48. The highest BCUT2D eigenvalue weighted by molar-refractivity contribution is 7.99. The first-order valence-corrected chi connectivity index (χ1v) is 5.72. The molecule has 2 aromatic rings. The number of aldehydes is 1. The Balaban J connectivity index is 2.08. The topological polar surface area (TPSA) is 26.3 Å². The van der Waals surface area contributed by atoms with Crippen LogP contribution in [0.5, 0.6) is 11.5 Å². The first-order chi connectivity index (χ1) is 7.86. The van der Waals surface area contributed by atoms with Gasteiger partial charge < -0.3 is 4.74 Å². The van der Waals surface area contributed by atoms with Gasteiger partial charge in [-0.15, -0.1) is 0 Å². The number of carbonyl (C=O) groups is 1. The van der Waals surface area contributed by atoms with Gasteiger partial charge in [-0.1, -0.05) is 23.9 Å². The number of hydrogen-bond acceptors (Lipinski definition) is 3. The van der Waals surface area contributed by atoms with E-state index in [2.05, 4.69) is 0 Å². The molecule has 2 aromatic carbocycles. The van der Waals surface area contributed by atoms with E-state index in [1.54, 1.807) is 17.8 Å². The third-order valence-corrected chi connectivity index (χ3v) is 3.49. The Morgan fingerprint density at radius 1 is 1.00 bits per heavy atom. The van der Waals surface area contributed by atoms with Gasteiger partial charge in [-0.25, -0.2) is 0 Å². The van der Waals surface area contributed by atoms with E-state index in [1.807, 2.05) is 36.4 Å². The molecule has 0 radical (unpaired) electrons. The van der Waals surface area contributed by atoms with E-state index in [4.69, 9.17) is 4.74 Å². The number of rotatable bonds is 1. The average molecular weight is 228 g/mol. The minimum absolute atomic E-state index is 0.675. The predicted octanol–water partition coefficient (Wildman–Crippen LogP) is 3.76. The molecule has 0 amide bonds. The summed E-state index contributed by atoms with van der Waals surface area (Å²) in [7, 11) is 0. The van der Waals surface area contributed by atoms with Crippen molar-refractivity contribution in [3.63, 3.8) is 0 Å². The Hall–Kier alpha value is -1.74. The van der Waals surface area contributed by atoms with Crippen molar-refractivity contribution in [3.05, 3.63) is 48.0 Å². The van der Waals surface area contributed by atoms with Gasteiger partial charge in [0.2, 0.25) is 0 Å². The molecule has 0 fully saturated rings. The van der Waals surface area contributed by atoms with Crippen LogP contribution < -0.4 is 4.74 Å². The smallest absolute Gasteiger partial charge is 0.150 e. The Bertz CT molecular complexity index is 564. The van der Waals surface area contributed by atoms with Crippen LogP contribution in [-0.2, 0) is 0 Å². The molecular weight excluding hydrogens is 220 g/mol. The van der Waals surface area contributed by atoms with Crippen LogP contribution in [-0.4, -0.2) is 6.29 Å². The highest BCUT2D eigenvalue weighted by Crippen LogP contribution is 2.46. The van der Waals surface area contributed by atoms with Crippen molar-refractivity contribution >= 4 is 18.0 Å². The van der Waals surface area contributed by atoms with E-state index in [0.29, 0.717) is 5.56 Å². The Labute approximate surface area is 97.2 Å². The number of ether oxygens (including phenoxy) is 1. The summed E-state index contributed by atoms with van der Waals surface area (Å²) in [5.74, 6) is 1.69. The summed E-state index contributed by atoms with van der Waals surface area (Å²) in [6.07, 6.45) is 0.849. The fraction of sp³-hybridized carbons (Fsp3) is 0. The molecule has 0 atom stereocenters. The second-order valence-corrected chi connectivity index (χ2v) is 4.56. The maximum Gasteiger partial charge on any atom is 0.150 e. The van der Waals surface area contributed by atoms with Crippen molar-refractivity contribution in [2.45, 2.75) is 9.79 Å². The highest BCUT2D eigenvalue weighted by atomic mass is 32.2. The normalized spacial score (nSPS) is 12.2. The Morgan fingerprint density at radius 3 is 2.69 bits per heavy atom. The molecule has 0 saturated carbocycles. The highest BCUT2D eigenvalue weighted by Gasteiger charge is 2.17. The lowest BCUT2D eigenvalue weighted by Crippen LogP contribution is -1.95. The summed E-state index contributed by atoms with van der Waals surface area (Å²) in [5.41, 5.74) is 0.675. The van der Waals surface area contributed by atoms with Crippen molar-refractivity contribution in [3.8, 4) is 11.5 Å². The van der Waals surface area contributed by atoms with Gasteiger partial charge in [-0.3, -0.25) is 4.79 Å². The van der Waals surface area contributed by atoms with Crippen molar-refractivity contribution in [1.82, 2.24) is 0 Å². The maximum absolute atomic E-state index is 10.7. The first-order valence-electron chi connectivity index (χ1n) is 4.91. The minimum atomic E-state index is 0.675. The molecule has 0 aromatic heterocycles. The quantitative estimate of drug-likeness (QED) is 0.593. The number of para-hydroxylation sites is 1. The molecule has 0 aliphatic carbocycles. The Kier molecular flexibility index (Phi) is 2.18. The van der Waals surface area contributed by atoms with Crippen LogP contribution in [0.15, 0.2) is 52.3 Å². The zero-order valence-corrected chi connectivity index (χ0v) is 9.16. The molecule has 0 saturated heterocycles.